The van der Waals surface area contributed by atoms with Gasteiger partial charge in [0.2, 0.25) is 0 Å². The topological polar surface area (TPSA) is 12.0 Å². The molecule has 0 aliphatic heterocycles. The van der Waals surface area contributed by atoms with E-state index >= 15 is 0 Å². The number of nitrogens with one attached hydrogen (secondary N) is 1. The third-order valence-electron chi connectivity index (χ3n) is 2.92. The average molecular weight is 320 g/mol. The largest absolute Gasteiger partial charge is 0.309 e. The van der Waals surface area contributed by atoms with Gasteiger partial charge in [-0.3, -0.25) is 0 Å². The summed E-state index contributed by atoms with van der Waals surface area (Å²) in [7, 11) is 1.61. The van der Waals surface area contributed by atoms with Crippen molar-refractivity contribution in [3.63, 3.8) is 0 Å². The quantitative estimate of drug-likeness (QED) is 0.807. The van der Waals surface area contributed by atoms with Gasteiger partial charge in [0, 0.05) is 5.02 Å². The third-order valence-corrected chi connectivity index (χ3v) is 3.55. The molecule has 0 saturated carbocycles. The first kappa shape index (κ1) is 15.2. The van der Waals surface area contributed by atoms with Gasteiger partial charge in [-0.2, -0.15) is 0 Å². The maximum Gasteiger partial charge on any atom is 0.160 e. The van der Waals surface area contributed by atoms with E-state index in [1.807, 2.05) is 0 Å². The normalized spacial score (nSPS) is 12.5. The van der Waals surface area contributed by atoms with E-state index < -0.39 is 23.5 Å². The molecule has 0 saturated heterocycles. The zero-order valence-corrected chi connectivity index (χ0v) is 11.9. The molecule has 0 aromatic heterocycles. The summed E-state index contributed by atoms with van der Waals surface area (Å²) in [5.74, 6) is -2.64. The van der Waals surface area contributed by atoms with Crippen LogP contribution in [0.5, 0.6) is 0 Å². The Bertz CT molecular complexity index is 647. The van der Waals surface area contributed by atoms with Gasteiger partial charge in [0.1, 0.15) is 5.82 Å². The van der Waals surface area contributed by atoms with Crippen LogP contribution < -0.4 is 5.32 Å². The van der Waals surface area contributed by atoms with E-state index in [1.54, 1.807) is 13.1 Å². The molecule has 2 rings (SSSR count). The van der Waals surface area contributed by atoms with Crippen LogP contribution in [0.3, 0.4) is 0 Å². The second-order valence-electron chi connectivity index (χ2n) is 4.18. The van der Waals surface area contributed by atoms with Gasteiger partial charge in [0.25, 0.3) is 0 Å². The maximum atomic E-state index is 13.5. The number of rotatable bonds is 3. The van der Waals surface area contributed by atoms with E-state index in [-0.39, 0.29) is 10.0 Å². The molecule has 1 nitrogen and oxygen atoms in total. The van der Waals surface area contributed by atoms with Crippen LogP contribution in [0.2, 0.25) is 10.0 Å². The lowest BCUT2D eigenvalue weighted by molar-refractivity contribution is 0.505. The van der Waals surface area contributed by atoms with E-state index in [4.69, 9.17) is 23.2 Å². The predicted molar refractivity (Wildman–Crippen MR) is 73.7 cm³/mol. The number of halogens is 5. The minimum Gasteiger partial charge on any atom is -0.309 e. The molecule has 2 aromatic rings. The van der Waals surface area contributed by atoms with Crippen LogP contribution in [0.4, 0.5) is 13.2 Å². The summed E-state index contributed by atoms with van der Waals surface area (Å²) >= 11 is 11.6. The van der Waals surface area contributed by atoms with Gasteiger partial charge in [0.05, 0.1) is 11.1 Å². The summed E-state index contributed by atoms with van der Waals surface area (Å²) in [4.78, 5) is 0. The average Bonchev–Trinajstić information content (AvgIpc) is 2.40. The zero-order chi connectivity index (χ0) is 14.9. The number of hydrogen-bond donors (Lipinski definition) is 1. The Morgan fingerprint density at radius 3 is 2.15 bits per heavy atom. The van der Waals surface area contributed by atoms with Crippen LogP contribution in [0.1, 0.15) is 17.2 Å². The summed E-state index contributed by atoms with van der Waals surface area (Å²) in [6, 6.07) is 5.51. The Hall–Kier alpha value is -1.23. The molecule has 6 heteroatoms. The molecule has 0 aliphatic rings. The van der Waals surface area contributed by atoms with Crippen molar-refractivity contribution >= 4 is 23.2 Å². The molecule has 0 radical (unpaired) electrons. The summed E-state index contributed by atoms with van der Waals surface area (Å²) < 4.78 is 40.0. The van der Waals surface area contributed by atoms with Crippen LogP contribution in [0.15, 0.2) is 30.3 Å². The van der Waals surface area contributed by atoms with Gasteiger partial charge in [-0.1, -0.05) is 29.3 Å². The Morgan fingerprint density at radius 2 is 1.55 bits per heavy atom. The Morgan fingerprint density at radius 1 is 0.900 bits per heavy atom. The fourth-order valence-electron chi connectivity index (χ4n) is 1.95. The second-order valence-corrected chi connectivity index (χ2v) is 5.00. The molecule has 0 aliphatic carbocycles. The molecular formula is C14H10Cl2F3N. The first-order valence-corrected chi connectivity index (χ1v) is 6.46. The first-order valence-electron chi connectivity index (χ1n) is 5.70. The van der Waals surface area contributed by atoms with Crippen LogP contribution >= 0.6 is 23.2 Å². The van der Waals surface area contributed by atoms with Crippen molar-refractivity contribution in [2.75, 3.05) is 7.05 Å². The van der Waals surface area contributed by atoms with Gasteiger partial charge >= 0.3 is 0 Å². The Kier molecular flexibility index (Phi) is 4.58. The zero-order valence-electron chi connectivity index (χ0n) is 10.4. The van der Waals surface area contributed by atoms with Crippen molar-refractivity contribution in [1.29, 1.82) is 0 Å². The summed E-state index contributed by atoms with van der Waals surface area (Å²) in [5.41, 5.74) is 0.817. The van der Waals surface area contributed by atoms with Crippen LogP contribution in [-0.4, -0.2) is 7.05 Å². The molecule has 2 aromatic carbocycles. The van der Waals surface area contributed by atoms with Crippen molar-refractivity contribution in [2.45, 2.75) is 6.04 Å². The molecule has 106 valence electrons. The predicted octanol–water partition coefficient (Wildman–Crippen LogP) is 4.72. The molecule has 1 N–H and O–H groups in total. The minimum atomic E-state index is -1.03. The highest BCUT2D eigenvalue weighted by molar-refractivity contribution is 6.31. The lowest BCUT2D eigenvalue weighted by Crippen LogP contribution is -2.18. The monoisotopic (exact) mass is 319 g/mol. The molecule has 0 bridgehead atoms. The summed E-state index contributed by atoms with van der Waals surface area (Å²) in [6.45, 7) is 0. The van der Waals surface area contributed by atoms with Crippen LogP contribution in [0, 0.1) is 17.5 Å². The summed E-state index contributed by atoms with van der Waals surface area (Å²) in [5, 5.41) is 2.93. The molecular weight excluding hydrogens is 310 g/mol. The molecule has 0 amide bonds. The van der Waals surface area contributed by atoms with E-state index in [1.165, 1.54) is 12.1 Å². The van der Waals surface area contributed by atoms with E-state index in [0.29, 0.717) is 11.1 Å². The fourth-order valence-corrected chi connectivity index (χ4v) is 2.33. The lowest BCUT2D eigenvalue weighted by atomic mass is 9.98. The van der Waals surface area contributed by atoms with E-state index in [9.17, 15) is 13.2 Å². The lowest BCUT2D eigenvalue weighted by Gasteiger charge is -2.19. The van der Waals surface area contributed by atoms with Crippen molar-refractivity contribution in [1.82, 2.24) is 5.32 Å². The van der Waals surface area contributed by atoms with Gasteiger partial charge < -0.3 is 5.32 Å². The van der Waals surface area contributed by atoms with Crippen LogP contribution in [-0.2, 0) is 0 Å². The van der Waals surface area contributed by atoms with E-state index in [0.717, 1.165) is 12.1 Å². The van der Waals surface area contributed by atoms with Crippen LogP contribution in [0.25, 0.3) is 0 Å². The van der Waals surface area contributed by atoms with Crippen molar-refractivity contribution in [3.8, 4) is 0 Å². The molecule has 0 fully saturated rings. The Balaban J connectivity index is 2.52. The van der Waals surface area contributed by atoms with E-state index in [2.05, 4.69) is 5.32 Å². The second kappa shape index (κ2) is 6.04. The van der Waals surface area contributed by atoms with Crippen molar-refractivity contribution in [3.05, 3.63) is 69.0 Å². The molecule has 0 heterocycles. The molecule has 0 spiro atoms. The van der Waals surface area contributed by atoms with Gasteiger partial charge in [0.15, 0.2) is 11.6 Å². The number of benzene rings is 2. The fraction of sp³-hybridized carbons (Fsp3) is 0.143. The van der Waals surface area contributed by atoms with Crippen molar-refractivity contribution < 1.29 is 13.2 Å². The molecule has 1 unspecified atom stereocenters. The highest BCUT2D eigenvalue weighted by Crippen LogP contribution is 2.31. The third kappa shape index (κ3) is 2.92. The van der Waals surface area contributed by atoms with Gasteiger partial charge in [-0.05, 0) is 42.4 Å². The smallest absolute Gasteiger partial charge is 0.160 e. The standard InChI is InChI=1S/C14H10Cl2F3N/c1-20-14(7-2-3-9(15)11(17)4-7)8-5-12(18)13(19)6-10(8)16/h2-6,14,20H,1H3. The van der Waals surface area contributed by atoms with Crippen molar-refractivity contribution in [2.24, 2.45) is 0 Å². The first-order chi connectivity index (χ1) is 9.43. The molecule has 20 heavy (non-hydrogen) atoms. The Labute approximate surface area is 124 Å². The highest BCUT2D eigenvalue weighted by atomic mass is 35.5. The SMILES string of the molecule is CNC(c1ccc(Cl)c(F)c1)c1cc(F)c(F)cc1Cl. The highest BCUT2D eigenvalue weighted by Gasteiger charge is 2.19. The summed E-state index contributed by atoms with van der Waals surface area (Å²) in [6.07, 6.45) is 0. The maximum absolute atomic E-state index is 13.5. The number of hydrogen-bond acceptors (Lipinski definition) is 1. The minimum absolute atomic E-state index is 0.0139. The van der Waals surface area contributed by atoms with Gasteiger partial charge in [-0.25, -0.2) is 13.2 Å². The molecule has 1 atom stereocenters. The van der Waals surface area contributed by atoms with Gasteiger partial charge in [-0.15, -0.1) is 0 Å².